The summed E-state index contributed by atoms with van der Waals surface area (Å²) in [4.78, 5) is 11.9. The summed E-state index contributed by atoms with van der Waals surface area (Å²) >= 11 is 0. The van der Waals surface area contributed by atoms with Gasteiger partial charge >= 0.3 is 6.18 Å². The molecule has 23 heavy (non-hydrogen) atoms. The second-order valence-electron chi connectivity index (χ2n) is 5.49. The van der Waals surface area contributed by atoms with Crippen LogP contribution in [0.1, 0.15) is 36.0 Å². The molecule has 2 nitrogen and oxygen atoms in total. The molecular formula is C18H18F3NO. The normalized spacial score (nSPS) is 12.7. The highest BCUT2D eigenvalue weighted by Crippen LogP contribution is 2.30. The maximum atomic E-state index is 12.5. The summed E-state index contributed by atoms with van der Waals surface area (Å²) in [5.74, 6) is -0.269. The van der Waals surface area contributed by atoms with E-state index in [4.69, 9.17) is 0 Å². The summed E-state index contributed by atoms with van der Waals surface area (Å²) in [6.45, 7) is 2.27. The molecule has 0 saturated heterocycles. The Balaban J connectivity index is 1.88. The molecule has 0 radical (unpaired) electrons. The second kappa shape index (κ2) is 7.31. The van der Waals surface area contributed by atoms with Crippen LogP contribution in [0, 0.1) is 0 Å². The molecule has 0 aliphatic rings. The minimum Gasteiger partial charge on any atom is -0.352 e. The van der Waals surface area contributed by atoms with E-state index >= 15 is 0 Å². The molecule has 2 aromatic rings. The molecule has 0 bridgehead atoms. The Hall–Kier alpha value is -2.30. The lowest BCUT2D eigenvalue weighted by Crippen LogP contribution is -2.24. The molecule has 1 amide bonds. The predicted octanol–water partition coefficient (Wildman–Crippen LogP) is 4.52. The van der Waals surface area contributed by atoms with Crippen molar-refractivity contribution in [1.29, 1.82) is 0 Å². The van der Waals surface area contributed by atoms with Crippen molar-refractivity contribution in [2.24, 2.45) is 0 Å². The van der Waals surface area contributed by atoms with Crippen LogP contribution in [0.2, 0.25) is 0 Å². The first kappa shape index (κ1) is 17.1. The molecule has 122 valence electrons. The zero-order chi connectivity index (χ0) is 16.9. The zero-order valence-corrected chi connectivity index (χ0v) is 12.7. The Morgan fingerprint density at radius 3 is 2.22 bits per heavy atom. The Kier molecular flexibility index (Phi) is 5.42. The van der Waals surface area contributed by atoms with E-state index in [0.717, 1.165) is 17.7 Å². The van der Waals surface area contributed by atoms with Gasteiger partial charge in [-0.1, -0.05) is 49.4 Å². The predicted molar refractivity (Wildman–Crippen MR) is 82.8 cm³/mol. The molecule has 1 N–H and O–H groups in total. The lowest BCUT2D eigenvalue weighted by Gasteiger charge is -2.13. The molecule has 0 saturated carbocycles. The quantitative estimate of drug-likeness (QED) is 0.862. The molecule has 1 atom stereocenters. The maximum Gasteiger partial charge on any atom is 0.416 e. The Bertz CT molecular complexity index is 636. The number of carbonyl (C=O) groups excluding carboxylic acids is 1. The highest BCUT2D eigenvalue weighted by molar-refractivity contribution is 5.76. The average molecular weight is 321 g/mol. The molecule has 0 aromatic heterocycles. The number of hydrogen-bond acceptors (Lipinski definition) is 1. The SMILES string of the molecule is C[C@@H](CC(=O)NCc1ccccc1)c1ccc(C(F)(F)F)cc1. The van der Waals surface area contributed by atoms with Crippen molar-refractivity contribution < 1.29 is 18.0 Å². The van der Waals surface area contributed by atoms with E-state index in [1.807, 2.05) is 37.3 Å². The lowest BCUT2D eigenvalue weighted by atomic mass is 9.96. The van der Waals surface area contributed by atoms with Crippen LogP contribution in [-0.2, 0) is 17.5 Å². The van der Waals surface area contributed by atoms with Gasteiger partial charge in [0.05, 0.1) is 5.56 Å². The van der Waals surface area contributed by atoms with Crippen molar-refractivity contribution in [3.05, 3.63) is 71.3 Å². The van der Waals surface area contributed by atoms with Crippen molar-refractivity contribution in [1.82, 2.24) is 5.32 Å². The van der Waals surface area contributed by atoms with Gasteiger partial charge in [-0.25, -0.2) is 0 Å². The number of nitrogens with one attached hydrogen (secondary N) is 1. The van der Waals surface area contributed by atoms with Crippen LogP contribution in [-0.4, -0.2) is 5.91 Å². The van der Waals surface area contributed by atoms with Crippen LogP contribution in [0.15, 0.2) is 54.6 Å². The number of carbonyl (C=O) groups is 1. The summed E-state index contributed by atoms with van der Waals surface area (Å²) in [7, 11) is 0. The van der Waals surface area contributed by atoms with Crippen molar-refractivity contribution in [2.45, 2.75) is 32.0 Å². The minimum atomic E-state index is -4.34. The van der Waals surface area contributed by atoms with Crippen molar-refractivity contribution in [3.8, 4) is 0 Å². The number of amides is 1. The third-order valence-electron chi connectivity index (χ3n) is 3.63. The highest BCUT2D eigenvalue weighted by Gasteiger charge is 2.30. The summed E-state index contributed by atoms with van der Waals surface area (Å²) < 4.78 is 37.6. The molecule has 0 aliphatic carbocycles. The van der Waals surface area contributed by atoms with Crippen molar-refractivity contribution in [3.63, 3.8) is 0 Å². The monoisotopic (exact) mass is 321 g/mol. The van der Waals surface area contributed by atoms with Crippen LogP contribution in [0.3, 0.4) is 0 Å². The Labute approximate surface area is 133 Å². The van der Waals surface area contributed by atoms with Crippen molar-refractivity contribution in [2.75, 3.05) is 0 Å². The third kappa shape index (κ3) is 5.13. The van der Waals surface area contributed by atoms with Gasteiger partial charge in [-0.2, -0.15) is 13.2 Å². The fourth-order valence-corrected chi connectivity index (χ4v) is 2.27. The van der Waals surface area contributed by atoms with E-state index in [0.29, 0.717) is 12.1 Å². The first-order valence-corrected chi connectivity index (χ1v) is 7.34. The fourth-order valence-electron chi connectivity index (χ4n) is 2.27. The van der Waals surface area contributed by atoms with Crippen LogP contribution in [0.5, 0.6) is 0 Å². The van der Waals surface area contributed by atoms with Crippen LogP contribution in [0.4, 0.5) is 13.2 Å². The van der Waals surface area contributed by atoms with Crippen molar-refractivity contribution >= 4 is 5.91 Å². The summed E-state index contributed by atoms with van der Waals surface area (Å²) in [5, 5.41) is 2.82. The smallest absolute Gasteiger partial charge is 0.352 e. The van der Waals surface area contributed by atoms with E-state index in [1.165, 1.54) is 12.1 Å². The minimum absolute atomic E-state index is 0.124. The Morgan fingerprint density at radius 2 is 1.65 bits per heavy atom. The highest BCUT2D eigenvalue weighted by atomic mass is 19.4. The van der Waals surface area contributed by atoms with E-state index in [9.17, 15) is 18.0 Å². The largest absolute Gasteiger partial charge is 0.416 e. The van der Waals surface area contributed by atoms with Gasteiger partial charge < -0.3 is 5.32 Å². The summed E-state index contributed by atoms with van der Waals surface area (Å²) in [6, 6.07) is 14.5. The molecule has 0 heterocycles. The zero-order valence-electron chi connectivity index (χ0n) is 12.7. The molecule has 0 unspecified atom stereocenters. The van der Waals surface area contributed by atoms with Gasteiger partial charge in [-0.15, -0.1) is 0 Å². The first-order chi connectivity index (χ1) is 10.9. The first-order valence-electron chi connectivity index (χ1n) is 7.34. The molecule has 5 heteroatoms. The molecule has 0 aliphatic heterocycles. The number of halogens is 3. The number of rotatable bonds is 5. The molecule has 2 aromatic carbocycles. The van der Waals surface area contributed by atoms with Gasteiger partial charge in [0.2, 0.25) is 5.91 Å². The number of benzene rings is 2. The van der Waals surface area contributed by atoms with Gasteiger partial charge in [0, 0.05) is 13.0 Å². The van der Waals surface area contributed by atoms with E-state index in [-0.39, 0.29) is 18.2 Å². The van der Waals surface area contributed by atoms with Crippen LogP contribution in [0.25, 0.3) is 0 Å². The average Bonchev–Trinajstić information content (AvgIpc) is 2.53. The van der Waals surface area contributed by atoms with Crippen LogP contribution < -0.4 is 5.32 Å². The molecule has 0 spiro atoms. The molecular weight excluding hydrogens is 303 g/mol. The Morgan fingerprint density at radius 1 is 1.04 bits per heavy atom. The summed E-state index contributed by atoms with van der Waals surface area (Å²) in [6.07, 6.45) is -4.10. The third-order valence-corrected chi connectivity index (χ3v) is 3.63. The van der Waals surface area contributed by atoms with E-state index in [1.54, 1.807) is 0 Å². The van der Waals surface area contributed by atoms with Gasteiger partial charge in [0.15, 0.2) is 0 Å². The number of hydrogen-bond donors (Lipinski definition) is 1. The maximum absolute atomic E-state index is 12.5. The number of alkyl halides is 3. The topological polar surface area (TPSA) is 29.1 Å². The fraction of sp³-hybridized carbons (Fsp3) is 0.278. The van der Waals surface area contributed by atoms with Gasteiger partial charge in [0.1, 0.15) is 0 Å². The standard InChI is InChI=1S/C18H18F3NO/c1-13(15-7-9-16(10-8-15)18(19,20)21)11-17(23)22-12-14-5-3-2-4-6-14/h2-10,13H,11-12H2,1H3,(H,22,23)/t13-/m0/s1. The molecule has 0 fully saturated rings. The van der Waals surface area contributed by atoms with Gasteiger partial charge in [-0.3, -0.25) is 4.79 Å². The second-order valence-corrected chi connectivity index (χ2v) is 5.49. The lowest BCUT2D eigenvalue weighted by molar-refractivity contribution is -0.137. The molecule has 2 rings (SSSR count). The van der Waals surface area contributed by atoms with Crippen LogP contribution >= 0.6 is 0 Å². The van der Waals surface area contributed by atoms with Gasteiger partial charge in [0.25, 0.3) is 0 Å². The van der Waals surface area contributed by atoms with Gasteiger partial charge in [-0.05, 0) is 29.2 Å². The summed E-state index contributed by atoms with van der Waals surface area (Å²) in [5.41, 5.74) is 1.04. The van der Waals surface area contributed by atoms with E-state index in [2.05, 4.69) is 5.32 Å². The van der Waals surface area contributed by atoms with E-state index < -0.39 is 11.7 Å².